The minimum absolute atomic E-state index is 0.134. The fraction of sp³-hybridized carbons (Fsp3) is 0.500. The molecule has 96 valence electrons. The van der Waals surface area contributed by atoms with E-state index in [1.807, 2.05) is 0 Å². The van der Waals surface area contributed by atoms with Gasteiger partial charge in [-0.2, -0.15) is 26.3 Å². The molecule has 0 N–H and O–H groups in total. The molecule has 1 aliphatic rings. The van der Waals surface area contributed by atoms with Crippen LogP contribution in [0.25, 0.3) is 0 Å². The lowest BCUT2D eigenvalue weighted by Gasteiger charge is -2.33. The highest BCUT2D eigenvalue weighted by Crippen LogP contribution is 2.49. The number of ether oxygens (including phenoxy) is 2. The summed E-state index contributed by atoms with van der Waals surface area (Å²) in [5.74, 6) is -6.34. The molecule has 0 amide bonds. The first-order valence-corrected chi connectivity index (χ1v) is 5.13. The van der Waals surface area contributed by atoms with E-state index in [0.29, 0.717) is 0 Å². The zero-order chi connectivity index (χ0) is 12.9. The Morgan fingerprint density at radius 1 is 1.00 bits per heavy atom. The number of hydrogen-bond donors (Lipinski definition) is 0. The fourth-order valence-corrected chi connectivity index (χ4v) is 1.88. The van der Waals surface area contributed by atoms with Crippen LogP contribution in [0.2, 0.25) is 0 Å². The van der Waals surface area contributed by atoms with E-state index in [-0.39, 0.29) is 5.56 Å². The molecule has 0 fully saturated rings. The second kappa shape index (κ2) is 3.52. The molecule has 0 saturated carbocycles. The van der Waals surface area contributed by atoms with Crippen molar-refractivity contribution in [1.82, 2.24) is 0 Å². The zero-order valence-electron chi connectivity index (χ0n) is 7.85. The van der Waals surface area contributed by atoms with Crippen molar-refractivity contribution in [3.05, 3.63) is 16.3 Å². The molecule has 0 unspecified atom stereocenters. The highest BCUT2D eigenvalue weighted by Gasteiger charge is 2.76. The summed E-state index contributed by atoms with van der Waals surface area (Å²) >= 11 is 0.847. The van der Waals surface area contributed by atoms with Crippen molar-refractivity contribution >= 4 is 11.3 Å². The van der Waals surface area contributed by atoms with Gasteiger partial charge in [0.1, 0.15) is 5.75 Å². The molecule has 0 aliphatic carbocycles. The number of fused-ring (bicyclic) bond motifs is 1. The maximum absolute atomic E-state index is 12.9. The minimum Gasteiger partial charge on any atom is -0.427 e. The van der Waals surface area contributed by atoms with Gasteiger partial charge >= 0.3 is 18.1 Å². The third kappa shape index (κ3) is 1.77. The smallest absolute Gasteiger partial charge is 0.427 e. The molecule has 2 nitrogen and oxygen atoms in total. The molecule has 0 atom stereocenters. The molecule has 0 saturated heterocycles. The molecule has 2 heterocycles. The summed E-state index contributed by atoms with van der Waals surface area (Å²) in [6.45, 7) is -0.933. The van der Waals surface area contributed by atoms with Crippen LogP contribution >= 0.6 is 11.3 Å². The lowest BCUT2D eigenvalue weighted by molar-refractivity contribution is -0.440. The number of rotatable bonds is 0. The van der Waals surface area contributed by atoms with E-state index in [1.54, 1.807) is 0 Å². The largest absolute Gasteiger partial charge is 0.474 e. The average Bonchev–Trinajstić information content (AvgIpc) is 2.60. The molecule has 2 rings (SSSR count). The predicted molar refractivity (Wildman–Crippen MR) is 44.6 cm³/mol. The molecule has 1 aliphatic heterocycles. The van der Waals surface area contributed by atoms with Gasteiger partial charge in [0.25, 0.3) is 0 Å². The van der Waals surface area contributed by atoms with Crippen molar-refractivity contribution in [2.24, 2.45) is 0 Å². The van der Waals surface area contributed by atoms with Gasteiger partial charge in [-0.15, -0.1) is 11.3 Å². The first-order chi connectivity index (χ1) is 7.67. The normalized spacial score (nSPS) is 25.3. The van der Waals surface area contributed by atoms with Gasteiger partial charge in [-0.05, 0) is 0 Å². The molecule has 1 aromatic rings. The Kier molecular flexibility index (Phi) is 2.58. The van der Waals surface area contributed by atoms with Crippen LogP contribution in [0.5, 0.6) is 5.75 Å². The summed E-state index contributed by atoms with van der Waals surface area (Å²) in [4.78, 5) is 0. The van der Waals surface area contributed by atoms with Gasteiger partial charge in [0.05, 0.1) is 6.61 Å². The molecular formula is C8H4F6O2S. The zero-order valence-corrected chi connectivity index (χ0v) is 8.67. The van der Waals surface area contributed by atoms with E-state index in [2.05, 4.69) is 9.47 Å². The van der Waals surface area contributed by atoms with Gasteiger partial charge in [-0.25, -0.2) is 0 Å². The Hall–Kier alpha value is -0.960. The van der Waals surface area contributed by atoms with Gasteiger partial charge < -0.3 is 9.47 Å². The quantitative estimate of drug-likeness (QED) is 0.676. The summed E-state index contributed by atoms with van der Waals surface area (Å²) in [7, 11) is 0. The Balaban J connectivity index is 2.48. The highest BCUT2D eigenvalue weighted by molar-refractivity contribution is 7.08. The van der Waals surface area contributed by atoms with E-state index in [4.69, 9.17) is 0 Å². The van der Waals surface area contributed by atoms with E-state index < -0.39 is 30.5 Å². The van der Waals surface area contributed by atoms with Crippen molar-refractivity contribution in [2.45, 2.75) is 24.7 Å². The first kappa shape index (κ1) is 12.5. The SMILES string of the molecule is FC1(F)OCc2cscc2OC(F)(F)C1(F)F. The Labute approximate surface area is 94.7 Å². The van der Waals surface area contributed by atoms with Gasteiger partial charge in [0, 0.05) is 16.3 Å². The van der Waals surface area contributed by atoms with Crippen LogP contribution < -0.4 is 4.74 Å². The summed E-state index contributed by atoms with van der Waals surface area (Å²) in [6, 6.07) is 0. The highest BCUT2D eigenvalue weighted by atomic mass is 32.1. The second-order valence-corrected chi connectivity index (χ2v) is 4.00. The van der Waals surface area contributed by atoms with Crippen LogP contribution in [0.15, 0.2) is 10.8 Å². The summed E-state index contributed by atoms with van der Waals surface area (Å²) in [5.41, 5.74) is -0.134. The minimum atomic E-state index is -5.75. The van der Waals surface area contributed by atoms with Crippen molar-refractivity contribution in [3.8, 4) is 5.75 Å². The van der Waals surface area contributed by atoms with Crippen LogP contribution in [0, 0.1) is 0 Å². The van der Waals surface area contributed by atoms with Crippen LogP contribution in [-0.4, -0.2) is 18.1 Å². The molecule has 9 heteroatoms. The van der Waals surface area contributed by atoms with Gasteiger partial charge in [-0.1, -0.05) is 0 Å². The number of halogens is 6. The molecule has 0 bridgehead atoms. The third-order valence-electron chi connectivity index (χ3n) is 2.08. The average molecular weight is 278 g/mol. The number of hydrogen-bond acceptors (Lipinski definition) is 3. The molecular weight excluding hydrogens is 274 g/mol. The Morgan fingerprint density at radius 3 is 2.29 bits per heavy atom. The molecule has 1 aromatic heterocycles. The predicted octanol–water partition coefficient (Wildman–Crippen LogP) is 3.48. The van der Waals surface area contributed by atoms with Crippen LogP contribution in [0.4, 0.5) is 26.3 Å². The molecule has 17 heavy (non-hydrogen) atoms. The Bertz CT molecular complexity index is 429. The van der Waals surface area contributed by atoms with E-state index in [1.165, 1.54) is 5.38 Å². The van der Waals surface area contributed by atoms with Crippen molar-refractivity contribution < 1.29 is 35.8 Å². The standard InChI is InChI=1S/C8H4F6O2S/c9-6(10)7(11,12)15-1-4-2-17-3-5(4)16-8(6,13)14/h2-3H,1H2. The summed E-state index contributed by atoms with van der Waals surface area (Å²) in [6.07, 6.45) is -10.7. The van der Waals surface area contributed by atoms with Crippen LogP contribution in [-0.2, 0) is 11.3 Å². The lowest BCUT2D eigenvalue weighted by Crippen LogP contribution is -2.58. The molecule has 0 spiro atoms. The lowest BCUT2D eigenvalue weighted by atomic mass is 10.2. The van der Waals surface area contributed by atoms with Crippen molar-refractivity contribution in [2.75, 3.05) is 0 Å². The summed E-state index contributed by atoms with van der Waals surface area (Å²) < 4.78 is 84.4. The monoisotopic (exact) mass is 278 g/mol. The van der Waals surface area contributed by atoms with E-state index in [9.17, 15) is 26.3 Å². The van der Waals surface area contributed by atoms with Gasteiger partial charge in [0.15, 0.2) is 0 Å². The summed E-state index contributed by atoms with van der Waals surface area (Å²) in [5, 5.41) is 2.21. The molecule has 0 radical (unpaired) electrons. The molecule has 0 aromatic carbocycles. The maximum Gasteiger partial charge on any atom is 0.474 e. The number of alkyl halides is 6. The Morgan fingerprint density at radius 2 is 1.65 bits per heavy atom. The number of thiophene rings is 1. The second-order valence-electron chi connectivity index (χ2n) is 3.26. The van der Waals surface area contributed by atoms with E-state index >= 15 is 0 Å². The fourth-order valence-electron chi connectivity index (χ4n) is 1.14. The third-order valence-corrected chi connectivity index (χ3v) is 2.85. The topological polar surface area (TPSA) is 18.5 Å². The van der Waals surface area contributed by atoms with Gasteiger partial charge in [-0.3, -0.25) is 0 Å². The van der Waals surface area contributed by atoms with Gasteiger partial charge in [0.2, 0.25) is 0 Å². The van der Waals surface area contributed by atoms with E-state index in [0.717, 1.165) is 16.7 Å². The van der Waals surface area contributed by atoms with Crippen LogP contribution in [0.1, 0.15) is 5.56 Å². The van der Waals surface area contributed by atoms with Crippen molar-refractivity contribution in [1.29, 1.82) is 0 Å². The van der Waals surface area contributed by atoms with Crippen molar-refractivity contribution in [3.63, 3.8) is 0 Å². The first-order valence-electron chi connectivity index (χ1n) is 4.19. The van der Waals surface area contributed by atoms with Crippen LogP contribution in [0.3, 0.4) is 0 Å². The maximum atomic E-state index is 12.9.